The first-order valence-corrected chi connectivity index (χ1v) is 9.60. The Bertz CT molecular complexity index is 734. The van der Waals surface area contributed by atoms with Crippen LogP contribution in [0.1, 0.15) is 37.5 Å². The normalized spacial score (nSPS) is 16.8. The molecule has 136 valence electrons. The third-order valence-electron chi connectivity index (χ3n) is 4.77. The van der Waals surface area contributed by atoms with Crippen LogP contribution >= 0.6 is 11.3 Å². The maximum absolute atomic E-state index is 12.1. The van der Waals surface area contributed by atoms with Crippen molar-refractivity contribution in [2.75, 3.05) is 26.8 Å². The predicted molar refractivity (Wildman–Crippen MR) is 99.3 cm³/mol. The van der Waals surface area contributed by atoms with Gasteiger partial charge in [0.25, 0.3) is 0 Å². The molecule has 5 nitrogen and oxygen atoms in total. The molecule has 1 N–H and O–H groups in total. The Morgan fingerprint density at radius 2 is 2.12 bits per heavy atom. The minimum absolute atomic E-state index is 0.270. The van der Waals surface area contributed by atoms with Gasteiger partial charge in [-0.15, -0.1) is 11.3 Å². The van der Waals surface area contributed by atoms with E-state index < -0.39 is 5.60 Å². The Hall–Kier alpha value is -1.79. The largest absolute Gasteiger partial charge is 0.496 e. The van der Waals surface area contributed by atoms with E-state index in [1.165, 1.54) is 0 Å². The highest BCUT2D eigenvalue weighted by Crippen LogP contribution is 2.42. The number of hydrogen-bond donors (Lipinski definition) is 1. The summed E-state index contributed by atoms with van der Waals surface area (Å²) in [5, 5.41) is 12.1. The highest BCUT2D eigenvalue weighted by atomic mass is 32.1. The fourth-order valence-corrected chi connectivity index (χ4v) is 4.37. The lowest BCUT2D eigenvalue weighted by Crippen LogP contribution is -2.45. The van der Waals surface area contributed by atoms with Crippen LogP contribution in [0.4, 0.5) is 4.79 Å². The highest BCUT2D eigenvalue weighted by Gasteiger charge is 2.37. The first-order chi connectivity index (χ1) is 12.1. The number of nitrogens with zero attached hydrogens (tertiary/aromatic N) is 1. The number of benzene rings is 1. The standard InChI is InChI=1S/C19H25NO4S/c1-3-4-12-24-18(21)20-10-8-19(22,9-11-20)17-13-14-15(23-2)6-5-7-16(14)25-17/h5-7,13,22H,3-4,8-12H2,1-2H3. The molecule has 1 saturated heterocycles. The first-order valence-electron chi connectivity index (χ1n) is 8.78. The van der Waals surface area contributed by atoms with E-state index in [0.717, 1.165) is 33.6 Å². The Kier molecular flexibility index (Phi) is 5.49. The van der Waals surface area contributed by atoms with Gasteiger partial charge in [-0.3, -0.25) is 0 Å². The van der Waals surface area contributed by atoms with Gasteiger partial charge in [0.05, 0.1) is 13.7 Å². The van der Waals surface area contributed by atoms with Crippen molar-refractivity contribution in [3.63, 3.8) is 0 Å². The number of likely N-dealkylation sites (tertiary alicyclic amines) is 1. The van der Waals surface area contributed by atoms with Crippen LogP contribution in [-0.4, -0.2) is 42.9 Å². The van der Waals surface area contributed by atoms with Crippen molar-refractivity contribution in [2.45, 2.75) is 38.2 Å². The van der Waals surface area contributed by atoms with E-state index in [1.54, 1.807) is 23.3 Å². The lowest BCUT2D eigenvalue weighted by Gasteiger charge is -2.37. The molecule has 1 aliphatic rings. The molecule has 0 atom stereocenters. The Labute approximate surface area is 152 Å². The molecule has 0 bridgehead atoms. The van der Waals surface area contributed by atoms with Crippen LogP contribution in [0.2, 0.25) is 0 Å². The second-order valence-electron chi connectivity index (χ2n) is 6.47. The second kappa shape index (κ2) is 7.62. The third-order valence-corrected chi connectivity index (χ3v) is 6.07. The van der Waals surface area contributed by atoms with Crippen LogP contribution in [0, 0.1) is 0 Å². The summed E-state index contributed by atoms with van der Waals surface area (Å²) in [6, 6.07) is 7.95. The second-order valence-corrected chi connectivity index (χ2v) is 7.55. The smallest absolute Gasteiger partial charge is 0.409 e. The van der Waals surface area contributed by atoms with E-state index in [4.69, 9.17) is 9.47 Å². The first kappa shape index (κ1) is 18.0. The molecule has 0 unspecified atom stereocenters. The van der Waals surface area contributed by atoms with Crippen molar-refractivity contribution in [1.29, 1.82) is 0 Å². The average molecular weight is 363 g/mol. The summed E-state index contributed by atoms with van der Waals surface area (Å²) in [5.41, 5.74) is -0.894. The van der Waals surface area contributed by atoms with E-state index >= 15 is 0 Å². The highest BCUT2D eigenvalue weighted by molar-refractivity contribution is 7.19. The molecule has 2 aromatic rings. The van der Waals surface area contributed by atoms with Gasteiger partial charge < -0.3 is 19.5 Å². The lowest BCUT2D eigenvalue weighted by atomic mass is 9.90. The number of rotatable bonds is 5. The molecule has 0 radical (unpaired) electrons. The van der Waals surface area contributed by atoms with Gasteiger partial charge in [0.2, 0.25) is 0 Å². The molecule has 1 aliphatic heterocycles. The quantitative estimate of drug-likeness (QED) is 0.812. The fraction of sp³-hybridized carbons (Fsp3) is 0.526. The number of piperidine rings is 1. The summed E-state index contributed by atoms with van der Waals surface area (Å²) in [4.78, 5) is 14.7. The van der Waals surface area contributed by atoms with Gasteiger partial charge in [0.1, 0.15) is 11.4 Å². The van der Waals surface area contributed by atoms with Gasteiger partial charge >= 0.3 is 6.09 Å². The topological polar surface area (TPSA) is 59.0 Å². The fourth-order valence-electron chi connectivity index (χ4n) is 3.14. The van der Waals surface area contributed by atoms with Crippen molar-refractivity contribution in [2.24, 2.45) is 0 Å². The molecular weight excluding hydrogens is 338 g/mol. The van der Waals surface area contributed by atoms with Gasteiger partial charge in [0.15, 0.2) is 0 Å². The monoisotopic (exact) mass is 363 g/mol. The molecule has 1 aromatic carbocycles. The summed E-state index contributed by atoms with van der Waals surface area (Å²) in [5.74, 6) is 0.820. The van der Waals surface area contributed by atoms with Gasteiger partial charge in [-0.25, -0.2) is 4.79 Å². The molecule has 1 aromatic heterocycles. The summed E-state index contributed by atoms with van der Waals surface area (Å²) >= 11 is 1.59. The molecule has 6 heteroatoms. The van der Waals surface area contributed by atoms with Gasteiger partial charge in [-0.2, -0.15) is 0 Å². The summed E-state index contributed by atoms with van der Waals surface area (Å²) in [6.07, 6.45) is 2.65. The maximum Gasteiger partial charge on any atom is 0.409 e. The van der Waals surface area contributed by atoms with E-state index in [9.17, 15) is 9.90 Å². The SMILES string of the molecule is CCCCOC(=O)N1CCC(O)(c2cc3c(OC)cccc3s2)CC1. The number of methoxy groups -OCH3 is 1. The summed E-state index contributed by atoms with van der Waals surface area (Å²) in [6.45, 7) is 3.54. The van der Waals surface area contributed by atoms with E-state index in [0.29, 0.717) is 32.5 Å². The summed E-state index contributed by atoms with van der Waals surface area (Å²) < 4.78 is 11.8. The minimum Gasteiger partial charge on any atom is -0.496 e. The van der Waals surface area contributed by atoms with Crippen LogP contribution in [0.5, 0.6) is 5.75 Å². The summed E-state index contributed by atoms with van der Waals surface area (Å²) in [7, 11) is 1.66. The predicted octanol–water partition coefficient (Wildman–Crippen LogP) is 4.13. The van der Waals surface area contributed by atoms with Crippen molar-refractivity contribution >= 4 is 27.5 Å². The van der Waals surface area contributed by atoms with Crippen LogP contribution in [0.15, 0.2) is 24.3 Å². The Morgan fingerprint density at radius 3 is 2.80 bits per heavy atom. The van der Waals surface area contributed by atoms with Gasteiger partial charge in [-0.05, 0) is 37.5 Å². The number of aliphatic hydroxyl groups is 1. The molecule has 0 spiro atoms. The van der Waals surface area contributed by atoms with E-state index in [2.05, 4.69) is 6.92 Å². The molecule has 25 heavy (non-hydrogen) atoms. The zero-order chi connectivity index (χ0) is 17.9. The zero-order valence-electron chi connectivity index (χ0n) is 14.8. The van der Waals surface area contributed by atoms with Crippen LogP contribution in [0.3, 0.4) is 0 Å². The molecule has 0 aliphatic carbocycles. The number of carbonyl (C=O) groups is 1. The van der Waals surface area contributed by atoms with E-state index in [1.807, 2.05) is 24.3 Å². The number of carbonyl (C=O) groups excluding carboxylic acids is 1. The molecule has 2 heterocycles. The maximum atomic E-state index is 12.1. The molecular formula is C19H25NO4S. The van der Waals surface area contributed by atoms with Crippen molar-refractivity contribution in [3.8, 4) is 5.75 Å². The van der Waals surface area contributed by atoms with Crippen molar-refractivity contribution in [1.82, 2.24) is 4.90 Å². The number of hydrogen-bond acceptors (Lipinski definition) is 5. The van der Waals surface area contributed by atoms with Crippen molar-refractivity contribution < 1.29 is 19.4 Å². The molecule has 1 amide bonds. The molecule has 3 rings (SSSR count). The van der Waals surface area contributed by atoms with Crippen LogP contribution in [-0.2, 0) is 10.3 Å². The van der Waals surface area contributed by atoms with Crippen LogP contribution < -0.4 is 4.74 Å². The molecule has 0 saturated carbocycles. The Balaban J connectivity index is 1.69. The lowest BCUT2D eigenvalue weighted by molar-refractivity contribution is -0.0220. The number of thiophene rings is 1. The number of unbranched alkanes of at least 4 members (excludes halogenated alkanes) is 1. The number of fused-ring (bicyclic) bond motifs is 1. The minimum atomic E-state index is -0.894. The number of amides is 1. The number of ether oxygens (including phenoxy) is 2. The Morgan fingerprint density at radius 1 is 1.36 bits per heavy atom. The third kappa shape index (κ3) is 3.75. The molecule has 1 fully saturated rings. The average Bonchev–Trinajstić information content (AvgIpc) is 3.07. The van der Waals surface area contributed by atoms with E-state index in [-0.39, 0.29) is 6.09 Å². The zero-order valence-corrected chi connectivity index (χ0v) is 15.6. The van der Waals surface area contributed by atoms with Crippen molar-refractivity contribution in [3.05, 3.63) is 29.1 Å². The van der Waals surface area contributed by atoms with Gasteiger partial charge in [0, 0.05) is 28.1 Å². The van der Waals surface area contributed by atoms with Crippen LogP contribution in [0.25, 0.3) is 10.1 Å². The van der Waals surface area contributed by atoms with Gasteiger partial charge in [-0.1, -0.05) is 19.4 Å².